The zero-order valence-electron chi connectivity index (χ0n) is 14.4. The van der Waals surface area contributed by atoms with Crippen molar-refractivity contribution in [1.82, 2.24) is 10.2 Å². The summed E-state index contributed by atoms with van der Waals surface area (Å²) >= 11 is 0. The first-order valence-electron chi connectivity index (χ1n) is 7.69. The fourth-order valence-electron chi connectivity index (χ4n) is 2.39. The van der Waals surface area contributed by atoms with Crippen molar-refractivity contribution in [2.24, 2.45) is 11.1 Å². The molecular formula is C17H28ClN3O2. The van der Waals surface area contributed by atoms with E-state index in [1.807, 2.05) is 32.0 Å². The second-order valence-corrected chi connectivity index (χ2v) is 5.77. The van der Waals surface area contributed by atoms with Gasteiger partial charge in [0, 0.05) is 32.7 Å². The molecule has 1 aromatic carbocycles. The number of rotatable bonds is 7. The molecule has 3 N–H and O–H groups in total. The predicted molar refractivity (Wildman–Crippen MR) is 95.6 cm³/mol. The van der Waals surface area contributed by atoms with Crippen LogP contribution in [0.3, 0.4) is 0 Å². The molecule has 1 rings (SSSR count). The van der Waals surface area contributed by atoms with E-state index in [4.69, 9.17) is 5.73 Å². The first kappa shape index (κ1) is 21.4. The summed E-state index contributed by atoms with van der Waals surface area (Å²) in [5, 5.41) is 2.94. The van der Waals surface area contributed by atoms with Crippen LogP contribution in [-0.4, -0.2) is 37.4 Å². The van der Waals surface area contributed by atoms with Crippen molar-refractivity contribution in [2.75, 3.05) is 20.6 Å². The third-order valence-corrected chi connectivity index (χ3v) is 4.26. The van der Waals surface area contributed by atoms with E-state index >= 15 is 0 Å². The Morgan fingerprint density at radius 2 is 1.83 bits per heavy atom. The monoisotopic (exact) mass is 341 g/mol. The Bertz CT molecular complexity index is 520. The minimum Gasteiger partial charge on any atom is -0.352 e. The van der Waals surface area contributed by atoms with E-state index in [0.29, 0.717) is 31.5 Å². The second-order valence-electron chi connectivity index (χ2n) is 5.77. The quantitative estimate of drug-likeness (QED) is 0.798. The fourth-order valence-corrected chi connectivity index (χ4v) is 2.39. The summed E-state index contributed by atoms with van der Waals surface area (Å²) in [6, 6.07) is 7.31. The summed E-state index contributed by atoms with van der Waals surface area (Å²) in [6.45, 7) is 4.69. The summed E-state index contributed by atoms with van der Waals surface area (Å²) in [4.78, 5) is 25.9. The molecule has 0 saturated carbocycles. The Kier molecular flexibility index (Phi) is 8.87. The van der Waals surface area contributed by atoms with Gasteiger partial charge in [-0.15, -0.1) is 12.4 Å². The molecule has 1 aromatic rings. The Morgan fingerprint density at radius 1 is 1.22 bits per heavy atom. The molecule has 6 heteroatoms. The lowest BCUT2D eigenvalue weighted by Gasteiger charge is -2.28. The van der Waals surface area contributed by atoms with Gasteiger partial charge < -0.3 is 16.0 Å². The van der Waals surface area contributed by atoms with Gasteiger partial charge in [-0.2, -0.15) is 0 Å². The molecule has 0 radical (unpaired) electrons. The molecule has 0 atom stereocenters. The van der Waals surface area contributed by atoms with Crippen molar-refractivity contribution >= 4 is 24.2 Å². The molecule has 0 aromatic heterocycles. The largest absolute Gasteiger partial charge is 0.352 e. The first-order chi connectivity index (χ1) is 10.4. The maximum atomic E-state index is 12.4. The summed E-state index contributed by atoms with van der Waals surface area (Å²) < 4.78 is 0. The van der Waals surface area contributed by atoms with E-state index in [9.17, 15) is 9.59 Å². The molecule has 23 heavy (non-hydrogen) atoms. The highest BCUT2D eigenvalue weighted by Crippen LogP contribution is 2.25. The van der Waals surface area contributed by atoms with E-state index in [2.05, 4.69) is 5.32 Å². The van der Waals surface area contributed by atoms with Gasteiger partial charge in [-0.05, 0) is 30.5 Å². The molecule has 5 nitrogen and oxygen atoms in total. The highest BCUT2D eigenvalue weighted by Gasteiger charge is 2.32. The van der Waals surface area contributed by atoms with Gasteiger partial charge >= 0.3 is 0 Å². The van der Waals surface area contributed by atoms with Gasteiger partial charge in [-0.25, -0.2) is 0 Å². The standard InChI is InChI=1S/C17H27N3O2.ClH/c1-5-17(6-2,12-18)16(22)19-11-13-8-7-9-14(10-13)15(21)20(3)4;/h7-10H,5-6,11-12,18H2,1-4H3,(H,19,22);1H. The minimum atomic E-state index is -0.503. The lowest BCUT2D eigenvalue weighted by molar-refractivity contribution is -0.131. The average Bonchev–Trinajstić information content (AvgIpc) is 2.54. The zero-order valence-corrected chi connectivity index (χ0v) is 15.2. The van der Waals surface area contributed by atoms with E-state index in [1.54, 1.807) is 20.2 Å². The molecule has 0 unspecified atom stereocenters. The van der Waals surface area contributed by atoms with E-state index in [0.717, 1.165) is 5.56 Å². The molecule has 0 heterocycles. The van der Waals surface area contributed by atoms with Crippen molar-refractivity contribution in [3.63, 3.8) is 0 Å². The Labute approximate surface area is 145 Å². The third kappa shape index (κ3) is 5.22. The average molecular weight is 342 g/mol. The van der Waals surface area contributed by atoms with Crippen LogP contribution in [0.4, 0.5) is 0 Å². The number of nitrogens with two attached hydrogens (primary N) is 1. The molecule has 0 bridgehead atoms. The van der Waals surface area contributed by atoms with Crippen LogP contribution in [0.25, 0.3) is 0 Å². The van der Waals surface area contributed by atoms with E-state index < -0.39 is 5.41 Å². The van der Waals surface area contributed by atoms with Gasteiger partial charge in [-0.3, -0.25) is 9.59 Å². The highest BCUT2D eigenvalue weighted by molar-refractivity contribution is 5.94. The van der Waals surface area contributed by atoms with Crippen LogP contribution in [0.15, 0.2) is 24.3 Å². The maximum absolute atomic E-state index is 12.4. The number of hydrogen-bond donors (Lipinski definition) is 2. The molecule has 2 amide bonds. The number of nitrogens with zero attached hydrogens (tertiary/aromatic N) is 1. The fraction of sp³-hybridized carbons (Fsp3) is 0.529. The van der Waals surface area contributed by atoms with E-state index in [-0.39, 0.29) is 24.2 Å². The Morgan fingerprint density at radius 3 is 2.30 bits per heavy atom. The smallest absolute Gasteiger partial charge is 0.253 e. The number of halogens is 1. The van der Waals surface area contributed by atoms with Gasteiger partial charge in [0.1, 0.15) is 0 Å². The van der Waals surface area contributed by atoms with Gasteiger partial charge in [-0.1, -0.05) is 26.0 Å². The number of carbonyl (C=O) groups is 2. The van der Waals surface area contributed by atoms with Crippen LogP contribution in [0.1, 0.15) is 42.6 Å². The van der Waals surface area contributed by atoms with Crippen molar-refractivity contribution in [3.05, 3.63) is 35.4 Å². The number of nitrogens with one attached hydrogen (secondary N) is 1. The lowest BCUT2D eigenvalue weighted by atomic mass is 9.81. The van der Waals surface area contributed by atoms with Crippen LogP contribution < -0.4 is 11.1 Å². The molecule has 130 valence electrons. The molecule has 0 fully saturated rings. The highest BCUT2D eigenvalue weighted by atomic mass is 35.5. The summed E-state index contributed by atoms with van der Waals surface area (Å²) in [5.41, 5.74) is 6.80. The van der Waals surface area contributed by atoms with Gasteiger partial charge in [0.05, 0.1) is 5.41 Å². The SMILES string of the molecule is CCC(CC)(CN)C(=O)NCc1cccc(C(=O)N(C)C)c1.Cl. The molecular weight excluding hydrogens is 314 g/mol. The maximum Gasteiger partial charge on any atom is 0.253 e. The van der Waals surface area contributed by atoms with Crippen molar-refractivity contribution in [2.45, 2.75) is 33.2 Å². The van der Waals surface area contributed by atoms with Crippen molar-refractivity contribution < 1.29 is 9.59 Å². The Balaban J connectivity index is 0.00000484. The molecule has 0 saturated heterocycles. The van der Waals surface area contributed by atoms with Crippen molar-refractivity contribution in [3.8, 4) is 0 Å². The van der Waals surface area contributed by atoms with Crippen molar-refractivity contribution in [1.29, 1.82) is 0 Å². The molecule has 0 aliphatic rings. The number of benzene rings is 1. The third-order valence-electron chi connectivity index (χ3n) is 4.26. The first-order valence-corrected chi connectivity index (χ1v) is 7.69. The van der Waals surface area contributed by atoms with Gasteiger partial charge in [0.25, 0.3) is 5.91 Å². The lowest BCUT2D eigenvalue weighted by Crippen LogP contribution is -2.45. The van der Waals surface area contributed by atoms with Gasteiger partial charge in [0.2, 0.25) is 5.91 Å². The molecule has 0 aliphatic carbocycles. The van der Waals surface area contributed by atoms with Crippen LogP contribution in [0.2, 0.25) is 0 Å². The number of carbonyl (C=O) groups excluding carboxylic acids is 2. The normalized spacial score (nSPS) is 10.7. The second kappa shape index (κ2) is 9.53. The predicted octanol–water partition coefficient (Wildman–Crippen LogP) is 2.19. The van der Waals surface area contributed by atoms with Crippen LogP contribution in [-0.2, 0) is 11.3 Å². The van der Waals surface area contributed by atoms with Crippen LogP contribution >= 0.6 is 12.4 Å². The summed E-state index contributed by atoms with van der Waals surface area (Å²) in [5.74, 6) is -0.0732. The zero-order chi connectivity index (χ0) is 16.8. The minimum absolute atomic E-state index is 0. The summed E-state index contributed by atoms with van der Waals surface area (Å²) in [7, 11) is 3.43. The van der Waals surface area contributed by atoms with Crippen LogP contribution in [0.5, 0.6) is 0 Å². The summed E-state index contributed by atoms with van der Waals surface area (Å²) in [6.07, 6.45) is 1.43. The topological polar surface area (TPSA) is 75.4 Å². The van der Waals surface area contributed by atoms with E-state index in [1.165, 1.54) is 4.90 Å². The number of amides is 2. The van der Waals surface area contributed by atoms with Gasteiger partial charge in [0.15, 0.2) is 0 Å². The Hall–Kier alpha value is -1.59. The molecule has 0 spiro atoms. The molecule has 0 aliphatic heterocycles. The van der Waals surface area contributed by atoms with Crippen LogP contribution in [0, 0.1) is 5.41 Å². The number of hydrogen-bond acceptors (Lipinski definition) is 3.